The Morgan fingerprint density at radius 3 is 2.95 bits per heavy atom. The fourth-order valence-electron chi connectivity index (χ4n) is 3.61. The normalized spacial score (nSPS) is 24.5. The summed E-state index contributed by atoms with van der Waals surface area (Å²) in [5.74, 6) is 0.779. The standard InChI is InChI=1S/C16H25N3O2S/c1-12-17-15(9-22-12)8-21-7-14-4-5-18(3)16(6-14)10-19(11-16)13(2)20/h9,14H,4-8,10-11H2,1-3H3/t14-/m1/s1. The van der Waals surface area contributed by atoms with Crippen LogP contribution in [0.5, 0.6) is 0 Å². The van der Waals surface area contributed by atoms with Gasteiger partial charge in [-0.15, -0.1) is 11.3 Å². The van der Waals surface area contributed by atoms with Crippen molar-refractivity contribution in [1.29, 1.82) is 0 Å². The van der Waals surface area contributed by atoms with E-state index in [-0.39, 0.29) is 11.4 Å². The van der Waals surface area contributed by atoms with E-state index in [1.165, 1.54) is 6.42 Å². The lowest BCUT2D eigenvalue weighted by atomic mass is 9.75. The number of piperidine rings is 1. The third-order valence-electron chi connectivity index (χ3n) is 5.04. The number of likely N-dealkylation sites (tertiary alicyclic amines) is 2. The van der Waals surface area contributed by atoms with Crippen LogP contribution in [-0.4, -0.2) is 59.5 Å². The van der Waals surface area contributed by atoms with E-state index in [2.05, 4.69) is 22.3 Å². The molecule has 0 unspecified atom stereocenters. The Kier molecular flexibility index (Phi) is 4.52. The highest BCUT2D eigenvalue weighted by atomic mass is 32.1. The van der Waals surface area contributed by atoms with E-state index in [1.807, 2.05) is 11.8 Å². The number of ether oxygens (including phenoxy) is 1. The third kappa shape index (κ3) is 3.19. The van der Waals surface area contributed by atoms with E-state index in [9.17, 15) is 4.79 Å². The molecule has 1 atom stereocenters. The summed E-state index contributed by atoms with van der Waals surface area (Å²) in [6.07, 6.45) is 2.30. The molecule has 0 N–H and O–H groups in total. The minimum atomic E-state index is 0.190. The Labute approximate surface area is 136 Å². The van der Waals surface area contributed by atoms with Crippen LogP contribution in [0.3, 0.4) is 0 Å². The summed E-state index contributed by atoms with van der Waals surface area (Å²) in [5.41, 5.74) is 1.23. The average Bonchev–Trinajstić information content (AvgIpc) is 2.83. The van der Waals surface area contributed by atoms with Crippen LogP contribution in [0.15, 0.2) is 5.38 Å². The number of rotatable bonds is 4. The number of hydrogen-bond donors (Lipinski definition) is 0. The molecule has 1 amide bonds. The predicted molar refractivity (Wildman–Crippen MR) is 86.8 cm³/mol. The van der Waals surface area contributed by atoms with Gasteiger partial charge in [-0.2, -0.15) is 0 Å². The van der Waals surface area contributed by atoms with Crippen LogP contribution in [0, 0.1) is 12.8 Å². The molecule has 0 aliphatic carbocycles. The summed E-state index contributed by atoms with van der Waals surface area (Å²) in [6.45, 7) is 7.94. The second-order valence-electron chi connectivity index (χ2n) is 6.75. The van der Waals surface area contributed by atoms with Crippen molar-refractivity contribution in [2.45, 2.75) is 38.8 Å². The van der Waals surface area contributed by atoms with Crippen LogP contribution < -0.4 is 0 Å². The SMILES string of the molecule is CC(=O)N1CC2(C[C@H](COCc3csc(C)n3)CCN2C)C1. The lowest BCUT2D eigenvalue weighted by molar-refractivity contribution is -0.148. The van der Waals surface area contributed by atoms with Gasteiger partial charge in [0.15, 0.2) is 0 Å². The number of amides is 1. The van der Waals surface area contributed by atoms with Gasteiger partial charge in [-0.25, -0.2) is 4.98 Å². The maximum Gasteiger partial charge on any atom is 0.219 e. The zero-order chi connectivity index (χ0) is 15.7. The monoisotopic (exact) mass is 323 g/mol. The molecule has 3 heterocycles. The molecule has 22 heavy (non-hydrogen) atoms. The van der Waals surface area contributed by atoms with Crippen molar-refractivity contribution < 1.29 is 9.53 Å². The van der Waals surface area contributed by atoms with E-state index >= 15 is 0 Å². The molecule has 6 heteroatoms. The number of nitrogens with zero attached hydrogens (tertiary/aromatic N) is 3. The Hall–Kier alpha value is -0.980. The smallest absolute Gasteiger partial charge is 0.219 e. The summed E-state index contributed by atoms with van der Waals surface area (Å²) >= 11 is 1.67. The molecule has 0 aromatic carbocycles. The van der Waals surface area contributed by atoms with Crippen molar-refractivity contribution in [2.24, 2.45) is 5.92 Å². The van der Waals surface area contributed by atoms with Gasteiger partial charge in [-0.3, -0.25) is 9.69 Å². The number of carbonyl (C=O) groups excluding carboxylic acids is 1. The van der Waals surface area contributed by atoms with E-state index < -0.39 is 0 Å². The van der Waals surface area contributed by atoms with E-state index in [4.69, 9.17) is 4.74 Å². The van der Waals surface area contributed by atoms with Crippen molar-refractivity contribution in [3.05, 3.63) is 16.1 Å². The lowest BCUT2D eigenvalue weighted by Gasteiger charge is -2.58. The summed E-state index contributed by atoms with van der Waals surface area (Å²) in [6, 6.07) is 0. The second-order valence-corrected chi connectivity index (χ2v) is 7.82. The molecule has 5 nitrogen and oxygen atoms in total. The number of carbonyl (C=O) groups is 1. The molecule has 3 rings (SSSR count). The van der Waals surface area contributed by atoms with Crippen LogP contribution >= 0.6 is 11.3 Å². The van der Waals surface area contributed by atoms with E-state index in [1.54, 1.807) is 18.3 Å². The van der Waals surface area contributed by atoms with Crippen molar-refractivity contribution in [3.63, 3.8) is 0 Å². The van der Waals surface area contributed by atoms with Crippen LogP contribution in [0.4, 0.5) is 0 Å². The zero-order valence-electron chi connectivity index (χ0n) is 13.7. The quantitative estimate of drug-likeness (QED) is 0.849. The van der Waals surface area contributed by atoms with E-state index in [0.29, 0.717) is 12.5 Å². The van der Waals surface area contributed by atoms with Gasteiger partial charge < -0.3 is 9.64 Å². The van der Waals surface area contributed by atoms with Crippen molar-refractivity contribution in [1.82, 2.24) is 14.8 Å². The van der Waals surface area contributed by atoms with Crippen molar-refractivity contribution in [3.8, 4) is 0 Å². The number of thiazole rings is 1. The molecule has 0 saturated carbocycles. The highest BCUT2D eigenvalue weighted by Crippen LogP contribution is 2.38. The third-order valence-corrected chi connectivity index (χ3v) is 5.86. The number of likely N-dealkylation sites (N-methyl/N-ethyl adjacent to an activating group) is 1. The van der Waals surface area contributed by atoms with Gasteiger partial charge in [0.1, 0.15) is 0 Å². The number of aryl methyl sites for hydroxylation is 1. The van der Waals surface area contributed by atoms with Gasteiger partial charge >= 0.3 is 0 Å². The van der Waals surface area contributed by atoms with Crippen LogP contribution in [-0.2, 0) is 16.1 Å². The van der Waals surface area contributed by atoms with Gasteiger partial charge in [0.2, 0.25) is 5.91 Å². The summed E-state index contributed by atoms with van der Waals surface area (Å²) in [7, 11) is 2.19. The summed E-state index contributed by atoms with van der Waals surface area (Å²) in [5, 5.41) is 3.16. The Balaban J connectivity index is 1.48. The minimum Gasteiger partial charge on any atom is -0.375 e. The minimum absolute atomic E-state index is 0.190. The molecule has 1 aromatic rings. The fourth-order valence-corrected chi connectivity index (χ4v) is 4.21. The number of aromatic nitrogens is 1. The molecule has 1 aromatic heterocycles. The largest absolute Gasteiger partial charge is 0.375 e. The van der Waals surface area contributed by atoms with Crippen molar-refractivity contribution in [2.75, 3.05) is 33.3 Å². The molecule has 2 fully saturated rings. The molecular weight excluding hydrogens is 298 g/mol. The molecule has 0 bridgehead atoms. The summed E-state index contributed by atoms with van der Waals surface area (Å²) in [4.78, 5) is 20.3. The van der Waals surface area contributed by atoms with Crippen LogP contribution in [0.25, 0.3) is 0 Å². The van der Waals surface area contributed by atoms with Gasteiger partial charge in [0, 0.05) is 25.4 Å². The van der Waals surface area contributed by atoms with Gasteiger partial charge in [-0.05, 0) is 39.3 Å². The van der Waals surface area contributed by atoms with Crippen LogP contribution in [0.1, 0.15) is 30.5 Å². The average molecular weight is 323 g/mol. The molecule has 0 radical (unpaired) electrons. The lowest BCUT2D eigenvalue weighted by Crippen LogP contribution is -2.72. The van der Waals surface area contributed by atoms with Crippen molar-refractivity contribution >= 4 is 17.2 Å². The second kappa shape index (κ2) is 6.26. The molecule has 2 aliphatic rings. The zero-order valence-corrected chi connectivity index (χ0v) is 14.5. The predicted octanol–water partition coefficient (Wildman–Crippen LogP) is 1.91. The summed E-state index contributed by atoms with van der Waals surface area (Å²) < 4.78 is 5.89. The van der Waals surface area contributed by atoms with Gasteiger partial charge in [0.05, 0.1) is 29.5 Å². The molecule has 122 valence electrons. The fraction of sp³-hybridized carbons (Fsp3) is 0.750. The van der Waals surface area contributed by atoms with Gasteiger partial charge in [0.25, 0.3) is 0 Å². The van der Waals surface area contributed by atoms with E-state index in [0.717, 1.165) is 43.4 Å². The first-order valence-electron chi connectivity index (χ1n) is 7.94. The highest BCUT2D eigenvalue weighted by molar-refractivity contribution is 7.09. The first-order chi connectivity index (χ1) is 10.5. The van der Waals surface area contributed by atoms with Gasteiger partial charge in [-0.1, -0.05) is 0 Å². The first kappa shape index (κ1) is 15.9. The molecular formula is C16H25N3O2S. The number of hydrogen-bond acceptors (Lipinski definition) is 5. The Morgan fingerprint density at radius 1 is 1.55 bits per heavy atom. The first-order valence-corrected chi connectivity index (χ1v) is 8.82. The molecule has 2 aliphatic heterocycles. The maximum atomic E-state index is 11.4. The Morgan fingerprint density at radius 2 is 2.32 bits per heavy atom. The topological polar surface area (TPSA) is 45.7 Å². The highest BCUT2D eigenvalue weighted by Gasteiger charge is 2.50. The molecule has 2 saturated heterocycles. The molecule has 1 spiro atoms. The maximum absolute atomic E-state index is 11.4. The van der Waals surface area contributed by atoms with Crippen LogP contribution in [0.2, 0.25) is 0 Å². The Bertz CT molecular complexity index is 539.